The summed E-state index contributed by atoms with van der Waals surface area (Å²) in [4.78, 5) is 0. The van der Waals surface area contributed by atoms with Crippen LogP contribution in [0.25, 0.3) is 0 Å². The summed E-state index contributed by atoms with van der Waals surface area (Å²) < 4.78 is 6.87. The summed E-state index contributed by atoms with van der Waals surface area (Å²) in [5, 5.41) is 0. The first kappa shape index (κ1) is 12.2. The van der Waals surface area contributed by atoms with Crippen LogP contribution >= 0.6 is 15.9 Å². The van der Waals surface area contributed by atoms with Crippen molar-refractivity contribution in [2.75, 3.05) is 0 Å². The molecule has 0 saturated carbocycles. The molecule has 0 aromatic heterocycles. The van der Waals surface area contributed by atoms with Crippen LogP contribution in [0.1, 0.15) is 16.7 Å². The van der Waals surface area contributed by atoms with Crippen molar-refractivity contribution in [2.45, 2.75) is 20.5 Å². The molecule has 2 aromatic carbocycles. The van der Waals surface area contributed by atoms with Gasteiger partial charge in [0, 0.05) is 4.47 Å². The number of rotatable bonds is 3. The highest BCUT2D eigenvalue weighted by molar-refractivity contribution is 9.10. The molecule has 0 aliphatic rings. The maximum Gasteiger partial charge on any atom is 0.123 e. The maximum absolute atomic E-state index is 5.83. The first-order valence-electron chi connectivity index (χ1n) is 5.59. The highest BCUT2D eigenvalue weighted by atomic mass is 79.9. The minimum Gasteiger partial charge on any atom is -0.489 e. The van der Waals surface area contributed by atoms with Crippen molar-refractivity contribution in [1.82, 2.24) is 0 Å². The van der Waals surface area contributed by atoms with E-state index in [9.17, 15) is 0 Å². The number of hydrogen-bond donors (Lipinski definition) is 0. The molecule has 0 atom stereocenters. The zero-order valence-electron chi connectivity index (χ0n) is 10.0. The quantitative estimate of drug-likeness (QED) is 0.800. The van der Waals surface area contributed by atoms with Crippen LogP contribution in [-0.4, -0.2) is 0 Å². The molecule has 2 rings (SSSR count). The van der Waals surface area contributed by atoms with Crippen LogP contribution < -0.4 is 4.74 Å². The second kappa shape index (κ2) is 5.37. The van der Waals surface area contributed by atoms with Gasteiger partial charge in [-0.25, -0.2) is 0 Å². The Morgan fingerprint density at radius 3 is 2.65 bits per heavy atom. The first-order chi connectivity index (χ1) is 8.15. The van der Waals surface area contributed by atoms with E-state index >= 15 is 0 Å². The Morgan fingerprint density at radius 1 is 1.06 bits per heavy atom. The van der Waals surface area contributed by atoms with Crippen molar-refractivity contribution >= 4 is 15.9 Å². The van der Waals surface area contributed by atoms with E-state index in [4.69, 9.17) is 4.74 Å². The number of hydrogen-bond acceptors (Lipinski definition) is 1. The van der Waals surface area contributed by atoms with Gasteiger partial charge in [0.05, 0.1) is 0 Å². The smallest absolute Gasteiger partial charge is 0.123 e. The van der Waals surface area contributed by atoms with Crippen LogP contribution in [0.5, 0.6) is 5.75 Å². The Balaban J connectivity index is 2.09. The van der Waals surface area contributed by atoms with Crippen LogP contribution in [0.15, 0.2) is 46.9 Å². The minimum atomic E-state index is 0.610. The maximum atomic E-state index is 5.83. The van der Waals surface area contributed by atoms with E-state index in [-0.39, 0.29) is 0 Å². The summed E-state index contributed by atoms with van der Waals surface area (Å²) in [7, 11) is 0. The molecule has 17 heavy (non-hydrogen) atoms. The number of benzene rings is 2. The van der Waals surface area contributed by atoms with Crippen molar-refractivity contribution in [1.29, 1.82) is 0 Å². The van der Waals surface area contributed by atoms with E-state index in [0.717, 1.165) is 15.8 Å². The molecule has 0 bridgehead atoms. The van der Waals surface area contributed by atoms with Gasteiger partial charge in [-0.3, -0.25) is 0 Å². The molecule has 0 amide bonds. The van der Waals surface area contributed by atoms with Crippen LogP contribution in [0.3, 0.4) is 0 Å². The summed E-state index contributed by atoms with van der Waals surface area (Å²) in [6, 6.07) is 14.5. The molecule has 2 aromatic rings. The lowest BCUT2D eigenvalue weighted by molar-refractivity contribution is 0.304. The van der Waals surface area contributed by atoms with Crippen molar-refractivity contribution in [3.8, 4) is 5.75 Å². The Morgan fingerprint density at radius 2 is 1.88 bits per heavy atom. The predicted octanol–water partition coefficient (Wildman–Crippen LogP) is 4.64. The van der Waals surface area contributed by atoms with Crippen molar-refractivity contribution in [3.63, 3.8) is 0 Å². The Bertz CT molecular complexity index is 520. The summed E-state index contributed by atoms with van der Waals surface area (Å²) in [5.41, 5.74) is 3.61. The topological polar surface area (TPSA) is 9.23 Å². The molecule has 0 aliphatic heterocycles. The molecule has 1 nitrogen and oxygen atoms in total. The average molecular weight is 291 g/mol. The van der Waals surface area contributed by atoms with Crippen molar-refractivity contribution < 1.29 is 4.74 Å². The lowest BCUT2D eigenvalue weighted by Gasteiger charge is -2.10. The van der Waals surface area contributed by atoms with Crippen molar-refractivity contribution in [3.05, 3.63) is 63.6 Å². The van der Waals surface area contributed by atoms with Gasteiger partial charge in [-0.2, -0.15) is 0 Å². The van der Waals surface area contributed by atoms with Gasteiger partial charge in [-0.15, -0.1) is 0 Å². The summed E-state index contributed by atoms with van der Waals surface area (Å²) in [6.07, 6.45) is 0. The monoisotopic (exact) mass is 290 g/mol. The predicted molar refractivity (Wildman–Crippen MR) is 74.4 cm³/mol. The highest BCUT2D eigenvalue weighted by Gasteiger charge is 2.01. The van der Waals surface area contributed by atoms with E-state index in [1.807, 2.05) is 12.1 Å². The number of halogens is 1. The lowest BCUT2D eigenvalue weighted by atomic mass is 10.1. The largest absolute Gasteiger partial charge is 0.489 e. The Hall–Kier alpha value is -1.28. The fourth-order valence-corrected chi connectivity index (χ4v) is 2.03. The highest BCUT2D eigenvalue weighted by Crippen LogP contribution is 2.23. The van der Waals surface area contributed by atoms with Crippen molar-refractivity contribution in [2.24, 2.45) is 0 Å². The second-order valence-electron chi connectivity index (χ2n) is 4.19. The van der Waals surface area contributed by atoms with Gasteiger partial charge in [0.2, 0.25) is 0 Å². The number of ether oxygens (including phenoxy) is 1. The van der Waals surface area contributed by atoms with Gasteiger partial charge in [-0.05, 0) is 37.1 Å². The van der Waals surface area contributed by atoms with Crippen LogP contribution in [0.4, 0.5) is 0 Å². The molecule has 0 fully saturated rings. The Kier molecular flexibility index (Phi) is 3.85. The first-order valence-corrected chi connectivity index (χ1v) is 6.39. The normalized spacial score (nSPS) is 10.3. The molecule has 0 N–H and O–H groups in total. The van der Waals surface area contributed by atoms with Gasteiger partial charge >= 0.3 is 0 Å². The van der Waals surface area contributed by atoms with Crippen LogP contribution in [0.2, 0.25) is 0 Å². The molecular weight excluding hydrogens is 276 g/mol. The molecule has 0 spiro atoms. The fraction of sp³-hybridized carbons (Fsp3) is 0.200. The zero-order chi connectivity index (χ0) is 12.3. The third-order valence-corrected chi connectivity index (χ3v) is 3.12. The molecule has 0 heterocycles. The van der Waals surface area contributed by atoms with Gasteiger partial charge < -0.3 is 4.74 Å². The third-order valence-electron chi connectivity index (χ3n) is 2.63. The lowest BCUT2D eigenvalue weighted by Crippen LogP contribution is -1.97. The average Bonchev–Trinajstić information content (AvgIpc) is 2.30. The van der Waals surface area contributed by atoms with Crippen LogP contribution in [-0.2, 0) is 6.61 Å². The summed E-state index contributed by atoms with van der Waals surface area (Å²) in [5.74, 6) is 0.931. The zero-order valence-corrected chi connectivity index (χ0v) is 11.6. The van der Waals surface area contributed by atoms with E-state index in [1.54, 1.807) is 0 Å². The van der Waals surface area contributed by atoms with Gasteiger partial charge in [0.1, 0.15) is 12.4 Å². The molecule has 0 saturated heterocycles. The molecule has 0 unspecified atom stereocenters. The SMILES string of the molecule is Cc1cccc(COc2cc(Br)ccc2C)c1. The van der Waals surface area contributed by atoms with Gasteiger partial charge in [-0.1, -0.05) is 51.8 Å². The van der Waals surface area contributed by atoms with Gasteiger partial charge in [0.25, 0.3) is 0 Å². The molecule has 0 aliphatic carbocycles. The summed E-state index contributed by atoms with van der Waals surface area (Å²) in [6.45, 7) is 4.75. The van der Waals surface area contributed by atoms with Crippen LogP contribution in [0, 0.1) is 13.8 Å². The molecular formula is C15H15BrO. The molecule has 0 radical (unpaired) electrons. The molecule has 2 heteroatoms. The standard InChI is InChI=1S/C15H15BrO/c1-11-4-3-5-13(8-11)10-17-15-9-14(16)7-6-12(15)2/h3-9H,10H2,1-2H3. The number of aryl methyl sites for hydroxylation is 2. The van der Waals surface area contributed by atoms with E-state index in [2.05, 4.69) is 60.1 Å². The Labute approximate surface area is 111 Å². The minimum absolute atomic E-state index is 0.610. The third kappa shape index (κ3) is 3.34. The second-order valence-corrected chi connectivity index (χ2v) is 5.10. The summed E-state index contributed by atoms with van der Waals surface area (Å²) >= 11 is 3.45. The van der Waals surface area contributed by atoms with E-state index < -0.39 is 0 Å². The molecule has 88 valence electrons. The fourth-order valence-electron chi connectivity index (χ4n) is 1.69. The van der Waals surface area contributed by atoms with E-state index in [0.29, 0.717) is 6.61 Å². The van der Waals surface area contributed by atoms with Gasteiger partial charge in [0.15, 0.2) is 0 Å². The van der Waals surface area contributed by atoms with E-state index in [1.165, 1.54) is 11.1 Å².